The van der Waals surface area contributed by atoms with Gasteiger partial charge in [0, 0.05) is 14.1 Å². The lowest BCUT2D eigenvalue weighted by atomic mass is 10.1. The maximum atomic E-state index is 11.9. The second kappa shape index (κ2) is 4.66. The zero-order valence-corrected chi connectivity index (χ0v) is 10.9. The molecule has 0 spiro atoms. The molecule has 1 amide bonds. The van der Waals surface area contributed by atoms with Crippen LogP contribution in [0.15, 0.2) is 16.6 Å². The van der Waals surface area contributed by atoms with E-state index >= 15 is 0 Å². The predicted molar refractivity (Wildman–Crippen MR) is 63.4 cm³/mol. The summed E-state index contributed by atoms with van der Waals surface area (Å²) in [6, 6.07) is 3.75. The van der Waals surface area contributed by atoms with Crippen molar-refractivity contribution in [3.8, 4) is 5.75 Å². The molecular formula is C11H14BrNO2. The quantitative estimate of drug-likeness (QED) is 0.827. The largest absolute Gasteiger partial charge is 0.495 e. The van der Waals surface area contributed by atoms with Crippen LogP contribution in [0.4, 0.5) is 0 Å². The number of carbonyl (C=O) groups excluding carboxylic acids is 1. The molecule has 1 aromatic rings. The Morgan fingerprint density at radius 1 is 1.40 bits per heavy atom. The fourth-order valence-corrected chi connectivity index (χ4v) is 2.07. The van der Waals surface area contributed by atoms with Crippen molar-refractivity contribution in [3.05, 3.63) is 27.7 Å². The van der Waals surface area contributed by atoms with Crippen LogP contribution in [-0.4, -0.2) is 32.0 Å². The first-order chi connectivity index (χ1) is 6.97. The molecule has 0 aliphatic carbocycles. The summed E-state index contributed by atoms with van der Waals surface area (Å²) >= 11 is 3.38. The van der Waals surface area contributed by atoms with Crippen LogP contribution in [0.1, 0.15) is 15.9 Å². The molecule has 3 nitrogen and oxygen atoms in total. The molecule has 1 rings (SSSR count). The van der Waals surface area contributed by atoms with E-state index in [4.69, 9.17) is 4.74 Å². The number of aryl methyl sites for hydroxylation is 1. The fourth-order valence-electron chi connectivity index (χ4n) is 1.34. The summed E-state index contributed by atoms with van der Waals surface area (Å²) in [7, 11) is 5.00. The second-order valence-electron chi connectivity index (χ2n) is 3.53. The van der Waals surface area contributed by atoms with E-state index in [0.717, 1.165) is 10.0 Å². The van der Waals surface area contributed by atoms with Gasteiger partial charge >= 0.3 is 0 Å². The van der Waals surface area contributed by atoms with Gasteiger partial charge in [-0.3, -0.25) is 4.79 Å². The van der Waals surface area contributed by atoms with Gasteiger partial charge in [-0.15, -0.1) is 0 Å². The zero-order valence-electron chi connectivity index (χ0n) is 9.30. The molecule has 0 aliphatic heterocycles. The van der Waals surface area contributed by atoms with Gasteiger partial charge in [-0.05, 0) is 40.5 Å². The number of methoxy groups -OCH3 is 1. The number of benzene rings is 1. The highest BCUT2D eigenvalue weighted by molar-refractivity contribution is 9.10. The minimum atomic E-state index is -0.0590. The van der Waals surface area contributed by atoms with E-state index in [-0.39, 0.29) is 5.91 Å². The summed E-state index contributed by atoms with van der Waals surface area (Å²) in [4.78, 5) is 13.4. The average Bonchev–Trinajstić information content (AvgIpc) is 2.15. The van der Waals surface area contributed by atoms with Crippen molar-refractivity contribution >= 4 is 21.8 Å². The molecule has 0 atom stereocenters. The Morgan fingerprint density at radius 3 is 2.47 bits per heavy atom. The number of carbonyl (C=O) groups is 1. The van der Waals surface area contributed by atoms with Crippen molar-refractivity contribution in [1.29, 1.82) is 0 Å². The molecule has 1 aromatic carbocycles. The van der Waals surface area contributed by atoms with E-state index in [2.05, 4.69) is 15.9 Å². The number of amides is 1. The Labute approximate surface area is 98.2 Å². The lowest BCUT2D eigenvalue weighted by Gasteiger charge is -2.15. The molecule has 0 heterocycles. The molecule has 0 unspecified atom stereocenters. The molecule has 0 N–H and O–H groups in total. The highest BCUT2D eigenvalue weighted by atomic mass is 79.9. The van der Waals surface area contributed by atoms with Gasteiger partial charge in [0.05, 0.1) is 17.1 Å². The molecule has 0 fully saturated rings. The first-order valence-corrected chi connectivity index (χ1v) is 5.32. The predicted octanol–water partition coefficient (Wildman–Crippen LogP) is 2.47. The van der Waals surface area contributed by atoms with Gasteiger partial charge in [-0.2, -0.15) is 0 Å². The first kappa shape index (κ1) is 12.0. The minimum absolute atomic E-state index is 0.0590. The van der Waals surface area contributed by atoms with Gasteiger partial charge < -0.3 is 9.64 Å². The molecule has 0 aliphatic rings. The summed E-state index contributed by atoms with van der Waals surface area (Å²) in [5, 5.41) is 0. The van der Waals surface area contributed by atoms with Crippen LogP contribution in [0.2, 0.25) is 0 Å². The molecule has 0 aromatic heterocycles. The third kappa shape index (κ3) is 2.50. The van der Waals surface area contributed by atoms with Crippen molar-refractivity contribution < 1.29 is 9.53 Å². The number of halogens is 1. The second-order valence-corrected chi connectivity index (χ2v) is 4.38. The van der Waals surface area contributed by atoms with Crippen molar-refractivity contribution in [2.75, 3.05) is 21.2 Å². The van der Waals surface area contributed by atoms with Crippen LogP contribution in [0.5, 0.6) is 5.75 Å². The number of ether oxygens (including phenoxy) is 1. The van der Waals surface area contributed by atoms with Gasteiger partial charge in [0.1, 0.15) is 5.75 Å². The fraction of sp³-hybridized carbons (Fsp3) is 0.364. The molecule has 82 valence electrons. The zero-order chi connectivity index (χ0) is 11.6. The van der Waals surface area contributed by atoms with Crippen molar-refractivity contribution in [2.45, 2.75) is 6.92 Å². The molecule has 0 radical (unpaired) electrons. The van der Waals surface area contributed by atoms with Crippen LogP contribution < -0.4 is 4.74 Å². The van der Waals surface area contributed by atoms with E-state index in [1.165, 1.54) is 4.90 Å². The number of nitrogens with zero attached hydrogens (tertiary/aromatic N) is 1. The lowest BCUT2D eigenvalue weighted by Crippen LogP contribution is -2.22. The molecular weight excluding hydrogens is 258 g/mol. The standard InChI is InChI=1S/C11H14BrNO2/c1-7-5-8(11(14)13(2)3)10(15-4)9(12)6-7/h5-6H,1-4H3. The summed E-state index contributed by atoms with van der Waals surface area (Å²) in [5.74, 6) is 0.524. The molecule has 0 bridgehead atoms. The van der Waals surface area contributed by atoms with Crippen LogP contribution in [0, 0.1) is 6.92 Å². The SMILES string of the molecule is COc1c(Br)cc(C)cc1C(=O)N(C)C. The lowest BCUT2D eigenvalue weighted by molar-refractivity contribution is 0.0824. The third-order valence-electron chi connectivity index (χ3n) is 2.03. The summed E-state index contributed by atoms with van der Waals surface area (Å²) in [6.07, 6.45) is 0. The number of hydrogen-bond acceptors (Lipinski definition) is 2. The van der Waals surface area contributed by atoms with Crippen LogP contribution >= 0.6 is 15.9 Å². The van der Waals surface area contributed by atoms with Gasteiger partial charge in [0.2, 0.25) is 0 Å². The van der Waals surface area contributed by atoms with Crippen molar-refractivity contribution in [2.24, 2.45) is 0 Å². The van der Waals surface area contributed by atoms with E-state index in [1.807, 2.05) is 19.1 Å². The van der Waals surface area contributed by atoms with Gasteiger partial charge in [-0.1, -0.05) is 0 Å². The Hall–Kier alpha value is -1.03. The van der Waals surface area contributed by atoms with Gasteiger partial charge in [0.15, 0.2) is 0 Å². The highest BCUT2D eigenvalue weighted by Crippen LogP contribution is 2.30. The molecule has 0 saturated heterocycles. The highest BCUT2D eigenvalue weighted by Gasteiger charge is 2.17. The molecule has 4 heteroatoms. The Bertz CT molecular complexity index is 388. The van der Waals surface area contributed by atoms with Crippen LogP contribution in [0.3, 0.4) is 0 Å². The van der Waals surface area contributed by atoms with Crippen LogP contribution in [-0.2, 0) is 0 Å². The normalized spacial score (nSPS) is 9.93. The minimum Gasteiger partial charge on any atom is -0.495 e. The first-order valence-electron chi connectivity index (χ1n) is 4.53. The third-order valence-corrected chi connectivity index (χ3v) is 2.62. The van der Waals surface area contributed by atoms with E-state index in [1.54, 1.807) is 21.2 Å². The Balaban J connectivity index is 3.32. The number of rotatable bonds is 2. The van der Waals surface area contributed by atoms with E-state index in [0.29, 0.717) is 11.3 Å². The van der Waals surface area contributed by atoms with Crippen molar-refractivity contribution in [3.63, 3.8) is 0 Å². The summed E-state index contributed by atoms with van der Waals surface area (Å²) in [6.45, 7) is 1.94. The average molecular weight is 272 g/mol. The van der Waals surface area contributed by atoms with Gasteiger partial charge in [-0.25, -0.2) is 0 Å². The molecule has 0 saturated carbocycles. The maximum absolute atomic E-state index is 11.9. The van der Waals surface area contributed by atoms with Crippen molar-refractivity contribution in [1.82, 2.24) is 4.90 Å². The maximum Gasteiger partial charge on any atom is 0.257 e. The van der Waals surface area contributed by atoms with Crippen LogP contribution in [0.25, 0.3) is 0 Å². The molecule has 15 heavy (non-hydrogen) atoms. The Kier molecular flexibility index (Phi) is 3.74. The van der Waals surface area contributed by atoms with E-state index in [9.17, 15) is 4.79 Å². The summed E-state index contributed by atoms with van der Waals surface area (Å²) < 4.78 is 6.01. The monoisotopic (exact) mass is 271 g/mol. The number of hydrogen-bond donors (Lipinski definition) is 0. The Morgan fingerprint density at radius 2 is 2.00 bits per heavy atom. The van der Waals surface area contributed by atoms with E-state index < -0.39 is 0 Å². The van der Waals surface area contributed by atoms with Gasteiger partial charge in [0.25, 0.3) is 5.91 Å². The smallest absolute Gasteiger partial charge is 0.257 e. The summed E-state index contributed by atoms with van der Waals surface area (Å²) in [5.41, 5.74) is 1.60. The topological polar surface area (TPSA) is 29.5 Å².